The van der Waals surface area contributed by atoms with E-state index >= 15 is 0 Å². The molecule has 1 N–H and O–H groups in total. The molecule has 4 rings (SSSR count). The molecule has 2 aromatic rings. The number of piperidine rings is 1. The molecule has 0 aliphatic carbocycles. The highest BCUT2D eigenvalue weighted by molar-refractivity contribution is 5.94. The molecular weight excluding hydrogens is 388 g/mol. The lowest BCUT2D eigenvalue weighted by molar-refractivity contribution is -0.174. The minimum atomic E-state index is -4.41. The van der Waals surface area contributed by atoms with Crippen LogP contribution in [-0.4, -0.2) is 45.9 Å². The molecule has 29 heavy (non-hydrogen) atoms. The maximum Gasteiger partial charge on any atom is 0.410 e. The van der Waals surface area contributed by atoms with Crippen molar-refractivity contribution in [1.82, 2.24) is 14.7 Å². The third-order valence-electron chi connectivity index (χ3n) is 5.76. The van der Waals surface area contributed by atoms with Crippen LogP contribution in [0.5, 0.6) is 0 Å². The fourth-order valence-electron chi connectivity index (χ4n) is 4.36. The Bertz CT molecular complexity index is 910. The molecule has 1 aromatic heterocycles. The molecule has 1 aromatic carbocycles. The van der Waals surface area contributed by atoms with Gasteiger partial charge in [0, 0.05) is 25.2 Å². The van der Waals surface area contributed by atoms with Crippen molar-refractivity contribution in [3.05, 3.63) is 47.4 Å². The van der Waals surface area contributed by atoms with Gasteiger partial charge in [0.2, 0.25) is 0 Å². The second-order valence-electron chi connectivity index (χ2n) is 7.79. The lowest BCUT2D eigenvalue weighted by Gasteiger charge is -2.41. The zero-order valence-electron chi connectivity index (χ0n) is 15.9. The van der Waals surface area contributed by atoms with Gasteiger partial charge in [-0.1, -0.05) is 12.1 Å². The first-order valence-electron chi connectivity index (χ1n) is 9.67. The quantitative estimate of drug-likeness (QED) is 0.756. The Labute approximate surface area is 165 Å². The second kappa shape index (κ2) is 7.35. The number of halogens is 4. The van der Waals surface area contributed by atoms with Gasteiger partial charge in [0.15, 0.2) is 6.04 Å². The van der Waals surface area contributed by atoms with Crippen LogP contribution in [0.25, 0.3) is 0 Å². The van der Waals surface area contributed by atoms with Gasteiger partial charge in [0.1, 0.15) is 11.6 Å². The van der Waals surface area contributed by atoms with Gasteiger partial charge in [-0.25, -0.2) is 9.07 Å². The first-order chi connectivity index (χ1) is 13.7. The van der Waals surface area contributed by atoms with Gasteiger partial charge in [-0.2, -0.15) is 18.3 Å². The van der Waals surface area contributed by atoms with Crippen LogP contribution in [0.3, 0.4) is 0 Å². The van der Waals surface area contributed by atoms with Crippen molar-refractivity contribution in [2.75, 3.05) is 18.4 Å². The Morgan fingerprint density at radius 1 is 1.28 bits per heavy atom. The number of rotatable bonds is 2. The summed E-state index contributed by atoms with van der Waals surface area (Å²) in [5.74, 6) is -0.823. The highest BCUT2D eigenvalue weighted by Gasteiger charge is 2.48. The molecule has 0 radical (unpaired) electrons. The van der Waals surface area contributed by atoms with Crippen LogP contribution in [0.4, 0.5) is 23.4 Å². The van der Waals surface area contributed by atoms with Gasteiger partial charge >= 0.3 is 6.18 Å². The predicted molar refractivity (Wildman–Crippen MR) is 99.1 cm³/mol. The van der Waals surface area contributed by atoms with Crippen molar-refractivity contribution < 1.29 is 22.4 Å². The number of fused-ring (bicyclic) bond motifs is 1. The molecule has 0 bridgehead atoms. The Morgan fingerprint density at radius 3 is 2.76 bits per heavy atom. The number of anilines is 1. The summed E-state index contributed by atoms with van der Waals surface area (Å²) in [6.07, 6.45) is -3.19. The van der Waals surface area contributed by atoms with Crippen LogP contribution in [0.1, 0.15) is 41.4 Å². The summed E-state index contributed by atoms with van der Waals surface area (Å²) in [5.41, 5.74) is 0.508. The Kier molecular flexibility index (Phi) is 5.00. The number of benzene rings is 1. The Balaban J connectivity index is 1.54. The lowest BCUT2D eigenvalue weighted by atomic mass is 9.85. The van der Waals surface area contributed by atoms with Crippen molar-refractivity contribution >= 4 is 11.7 Å². The molecule has 1 amide bonds. The molecule has 156 valence electrons. The molecule has 0 spiro atoms. The SMILES string of the molecule is Cc1cc2n(n1)[C@@H](C(F)(F)F)C[C@@H](C1CCCN(C(=O)c3ccccc3F)C1)N2. The van der Waals surface area contributed by atoms with E-state index in [0.717, 1.165) is 4.68 Å². The zero-order chi connectivity index (χ0) is 20.8. The van der Waals surface area contributed by atoms with E-state index in [1.165, 1.54) is 18.2 Å². The maximum absolute atomic E-state index is 14.0. The fourth-order valence-corrected chi connectivity index (χ4v) is 4.36. The van der Waals surface area contributed by atoms with E-state index in [9.17, 15) is 22.4 Å². The molecular formula is C20H22F4N4O. The van der Waals surface area contributed by atoms with E-state index < -0.39 is 30.0 Å². The van der Waals surface area contributed by atoms with Gasteiger partial charge in [-0.3, -0.25) is 4.79 Å². The highest BCUT2D eigenvalue weighted by atomic mass is 19.4. The predicted octanol–water partition coefficient (Wildman–Crippen LogP) is 4.17. The number of hydrogen-bond donors (Lipinski definition) is 1. The van der Waals surface area contributed by atoms with E-state index in [0.29, 0.717) is 37.4 Å². The van der Waals surface area contributed by atoms with Crippen LogP contribution >= 0.6 is 0 Å². The highest BCUT2D eigenvalue weighted by Crippen LogP contribution is 2.42. The molecule has 1 unspecified atom stereocenters. The zero-order valence-corrected chi connectivity index (χ0v) is 15.9. The summed E-state index contributed by atoms with van der Waals surface area (Å²) >= 11 is 0. The number of carbonyl (C=O) groups is 1. The second-order valence-corrected chi connectivity index (χ2v) is 7.79. The molecule has 2 aliphatic rings. The maximum atomic E-state index is 14.0. The first-order valence-corrected chi connectivity index (χ1v) is 9.67. The smallest absolute Gasteiger partial charge is 0.367 e. The largest absolute Gasteiger partial charge is 0.410 e. The molecule has 5 nitrogen and oxygen atoms in total. The van der Waals surface area contributed by atoms with Crippen molar-refractivity contribution in [1.29, 1.82) is 0 Å². The molecule has 0 saturated carbocycles. The van der Waals surface area contributed by atoms with Gasteiger partial charge in [-0.05, 0) is 44.2 Å². The van der Waals surface area contributed by atoms with E-state index in [1.807, 2.05) is 0 Å². The molecule has 3 atom stereocenters. The van der Waals surface area contributed by atoms with Crippen molar-refractivity contribution in [3.63, 3.8) is 0 Å². The molecule has 2 aliphatic heterocycles. The average Bonchev–Trinajstić information content (AvgIpc) is 3.06. The summed E-state index contributed by atoms with van der Waals surface area (Å²) in [5, 5.41) is 7.19. The van der Waals surface area contributed by atoms with Crippen LogP contribution in [-0.2, 0) is 0 Å². The van der Waals surface area contributed by atoms with Crippen LogP contribution in [0, 0.1) is 18.7 Å². The Hall–Kier alpha value is -2.58. The molecule has 1 saturated heterocycles. The molecule has 9 heteroatoms. The van der Waals surface area contributed by atoms with Crippen molar-refractivity contribution in [2.45, 2.75) is 44.4 Å². The fraction of sp³-hybridized carbons (Fsp3) is 0.500. The van der Waals surface area contributed by atoms with Crippen LogP contribution in [0.2, 0.25) is 0 Å². The summed E-state index contributed by atoms with van der Waals surface area (Å²) in [7, 11) is 0. The average molecular weight is 410 g/mol. The standard InChI is InChI=1S/C20H22F4N4O/c1-12-9-18-25-16(10-17(20(22,23)24)28(18)26-12)13-5-4-8-27(11-13)19(29)14-6-2-3-7-15(14)21/h2-3,6-7,9,13,16-17,25H,4-5,8,10-11H2,1H3/t13?,16-,17+/m0/s1. The number of likely N-dealkylation sites (tertiary alicyclic amines) is 1. The number of alkyl halides is 3. The number of nitrogens with one attached hydrogen (secondary N) is 1. The summed E-state index contributed by atoms with van der Waals surface area (Å²) in [4.78, 5) is 14.3. The van der Waals surface area contributed by atoms with Crippen molar-refractivity contribution in [3.8, 4) is 0 Å². The van der Waals surface area contributed by atoms with Gasteiger partial charge in [0.05, 0.1) is 11.3 Å². The van der Waals surface area contributed by atoms with Gasteiger partial charge < -0.3 is 10.2 Å². The van der Waals surface area contributed by atoms with Crippen LogP contribution in [0.15, 0.2) is 30.3 Å². The summed E-state index contributed by atoms with van der Waals surface area (Å²) in [6, 6.07) is 5.24. The number of amides is 1. The lowest BCUT2D eigenvalue weighted by Crippen LogP contribution is -2.49. The van der Waals surface area contributed by atoms with E-state index in [-0.39, 0.29) is 17.9 Å². The monoisotopic (exact) mass is 410 g/mol. The summed E-state index contributed by atoms with van der Waals surface area (Å²) in [6.45, 7) is 2.42. The van der Waals surface area contributed by atoms with E-state index in [2.05, 4.69) is 10.4 Å². The third-order valence-corrected chi connectivity index (χ3v) is 5.76. The number of hydrogen-bond acceptors (Lipinski definition) is 3. The molecule has 1 fully saturated rings. The number of nitrogens with zero attached hydrogens (tertiary/aromatic N) is 3. The first kappa shape index (κ1) is 19.7. The molecule has 3 heterocycles. The summed E-state index contributed by atoms with van der Waals surface area (Å²) < 4.78 is 56.0. The minimum absolute atomic E-state index is 0.00776. The van der Waals surface area contributed by atoms with Crippen molar-refractivity contribution in [2.24, 2.45) is 5.92 Å². The minimum Gasteiger partial charge on any atom is -0.367 e. The number of aryl methyl sites for hydroxylation is 1. The topological polar surface area (TPSA) is 50.2 Å². The normalized spacial score (nSPS) is 24.7. The number of carbonyl (C=O) groups excluding carboxylic acids is 1. The van der Waals surface area contributed by atoms with E-state index in [1.54, 1.807) is 24.0 Å². The van der Waals surface area contributed by atoms with Crippen LogP contribution < -0.4 is 5.32 Å². The Morgan fingerprint density at radius 2 is 2.03 bits per heavy atom. The van der Waals surface area contributed by atoms with Gasteiger partial charge in [0.25, 0.3) is 5.91 Å². The van der Waals surface area contributed by atoms with E-state index in [4.69, 9.17) is 0 Å². The third kappa shape index (κ3) is 3.82. The van der Waals surface area contributed by atoms with Gasteiger partial charge in [-0.15, -0.1) is 0 Å². The number of aromatic nitrogens is 2.